The van der Waals surface area contributed by atoms with Crippen molar-refractivity contribution >= 4 is 30.0 Å². The van der Waals surface area contributed by atoms with E-state index in [1.54, 1.807) is 12.1 Å². The molecular weight excluding hydrogens is 556 g/mol. The maximum absolute atomic E-state index is 13.9. The van der Waals surface area contributed by atoms with Gasteiger partial charge in [-0.05, 0) is 55.7 Å². The third kappa shape index (κ3) is 7.58. The molecule has 1 saturated heterocycles. The fourth-order valence-electron chi connectivity index (χ4n) is 5.88. The zero-order chi connectivity index (χ0) is 31.5. The fourth-order valence-corrected chi connectivity index (χ4v) is 5.88. The van der Waals surface area contributed by atoms with E-state index in [9.17, 15) is 24.0 Å². The van der Waals surface area contributed by atoms with E-state index in [-0.39, 0.29) is 32.0 Å². The van der Waals surface area contributed by atoms with Crippen LogP contribution in [0.1, 0.15) is 88.2 Å². The molecule has 4 bridgehead atoms. The van der Waals surface area contributed by atoms with Crippen molar-refractivity contribution in [1.29, 1.82) is 0 Å². The summed E-state index contributed by atoms with van der Waals surface area (Å²) in [6.45, 7) is 9.98. The molecule has 1 aromatic rings. The van der Waals surface area contributed by atoms with Crippen LogP contribution in [0.25, 0.3) is 0 Å². The number of nitrogens with one attached hydrogen (secondary N) is 2. The first kappa shape index (κ1) is 32.1. The molecule has 3 heterocycles. The van der Waals surface area contributed by atoms with Gasteiger partial charge in [-0.15, -0.1) is 0 Å². The van der Waals surface area contributed by atoms with Crippen molar-refractivity contribution in [2.75, 3.05) is 20.2 Å². The number of carbonyl (C=O) groups is 5. The van der Waals surface area contributed by atoms with E-state index in [0.29, 0.717) is 18.5 Å². The van der Waals surface area contributed by atoms with E-state index in [2.05, 4.69) is 10.6 Å². The summed E-state index contributed by atoms with van der Waals surface area (Å²) in [4.78, 5) is 68.8. The van der Waals surface area contributed by atoms with Gasteiger partial charge in [-0.3, -0.25) is 14.5 Å². The van der Waals surface area contributed by atoms with Crippen molar-refractivity contribution in [3.05, 3.63) is 34.9 Å². The van der Waals surface area contributed by atoms with E-state index < -0.39 is 53.3 Å². The number of nitrogens with zero attached hydrogens (tertiary/aromatic N) is 2. The number of hydrogen-bond acceptors (Lipinski definition) is 8. The van der Waals surface area contributed by atoms with E-state index in [1.165, 1.54) is 16.9 Å². The molecule has 43 heavy (non-hydrogen) atoms. The smallest absolute Gasteiger partial charge is 0.410 e. The minimum atomic E-state index is -1.02. The lowest BCUT2D eigenvalue weighted by molar-refractivity contribution is -0.152. The Morgan fingerprint density at radius 1 is 1.07 bits per heavy atom. The van der Waals surface area contributed by atoms with Gasteiger partial charge in [0, 0.05) is 25.1 Å². The molecule has 3 aliphatic rings. The molecule has 4 amide bonds. The van der Waals surface area contributed by atoms with Gasteiger partial charge in [0.1, 0.15) is 23.8 Å². The predicted octanol–water partition coefficient (Wildman–Crippen LogP) is 3.50. The molecule has 0 spiro atoms. The normalized spacial score (nSPS) is 25.5. The Bertz CT molecular complexity index is 1260. The number of amides is 4. The molecule has 2 N–H and O–H groups in total. The van der Waals surface area contributed by atoms with Gasteiger partial charge in [0.05, 0.1) is 20.2 Å². The maximum Gasteiger partial charge on any atom is 0.410 e. The molecule has 3 aliphatic heterocycles. The van der Waals surface area contributed by atoms with Crippen LogP contribution in [-0.2, 0) is 36.9 Å². The lowest BCUT2D eigenvalue weighted by atomic mass is 9.85. The minimum Gasteiger partial charge on any atom is -0.467 e. The number of ether oxygens (including phenoxy) is 3. The molecule has 12 heteroatoms. The number of carbonyl (C=O) groups excluding carboxylic acids is 5. The summed E-state index contributed by atoms with van der Waals surface area (Å²) in [5.74, 6) is -1.34. The summed E-state index contributed by atoms with van der Waals surface area (Å²) in [5.41, 5.74) is 0.634. The van der Waals surface area contributed by atoms with Gasteiger partial charge in [-0.25, -0.2) is 14.4 Å². The maximum atomic E-state index is 13.9. The molecule has 0 saturated carbocycles. The van der Waals surface area contributed by atoms with Crippen molar-refractivity contribution in [1.82, 2.24) is 20.4 Å². The minimum absolute atomic E-state index is 0.0480. The molecule has 1 aromatic carbocycles. The molecule has 3 atom stereocenters. The third-order valence-corrected chi connectivity index (χ3v) is 8.26. The number of alkyl carbamates (subject to hydrolysis) is 1. The van der Waals surface area contributed by atoms with Crippen molar-refractivity contribution in [2.45, 2.75) is 104 Å². The molecule has 4 rings (SSSR count). The Hall–Kier alpha value is -3.83. The fraction of sp³-hybridized carbons (Fsp3) is 0.645. The van der Waals surface area contributed by atoms with Gasteiger partial charge in [-0.1, -0.05) is 39.3 Å². The number of fused-ring (bicyclic) bond motifs is 3. The number of methoxy groups -OCH3 is 1. The highest BCUT2D eigenvalue weighted by Gasteiger charge is 2.47. The Morgan fingerprint density at radius 2 is 1.81 bits per heavy atom. The number of hydrogen-bond donors (Lipinski definition) is 2. The molecule has 1 unspecified atom stereocenters. The molecule has 0 radical (unpaired) electrons. The summed E-state index contributed by atoms with van der Waals surface area (Å²) < 4.78 is 16.5. The first-order chi connectivity index (χ1) is 20.2. The summed E-state index contributed by atoms with van der Waals surface area (Å²) >= 11 is 0. The molecular formula is C31H44N4O8. The van der Waals surface area contributed by atoms with Crippen LogP contribution in [0.2, 0.25) is 0 Å². The summed E-state index contributed by atoms with van der Waals surface area (Å²) in [6, 6.07) is 3.41. The van der Waals surface area contributed by atoms with Crippen LogP contribution < -0.4 is 10.6 Å². The SMILES string of the molecule is COC(=O)C1C[C@@H]2CN1C(=O)[C@H](C(C)(C)C)NC(=O)OC(C)(C)CCCCCNC(=O)c1cccc3c1CN(C3)C(=O)O2. The standard InChI is InChI=1S/C31H44N4O8/c1-30(2,3)24-26(37)35-17-20(15-23(35)27(38)41-6)42-29(40)34-16-19-11-10-12-21(22(19)18-34)25(36)32-14-9-7-8-13-31(4,5)43-28(39)33-24/h10-12,20,23-24H,7-9,13-18H2,1-6H3,(H,32,36)(H,33,39)/t20-,23?,24-/m1/s1. The van der Waals surface area contributed by atoms with Crippen LogP contribution in [0.15, 0.2) is 18.2 Å². The van der Waals surface area contributed by atoms with E-state index in [1.807, 2.05) is 40.7 Å². The first-order valence-corrected chi connectivity index (χ1v) is 14.9. The monoisotopic (exact) mass is 600 g/mol. The molecule has 12 nitrogen and oxygen atoms in total. The molecule has 0 aliphatic carbocycles. The Kier molecular flexibility index (Phi) is 9.56. The Morgan fingerprint density at radius 3 is 2.51 bits per heavy atom. The number of esters is 1. The second kappa shape index (κ2) is 12.8. The van der Waals surface area contributed by atoms with Crippen molar-refractivity contribution < 1.29 is 38.2 Å². The number of benzene rings is 1. The average molecular weight is 601 g/mol. The lowest BCUT2D eigenvalue weighted by Crippen LogP contribution is -2.57. The second-order valence-electron chi connectivity index (χ2n) is 13.2. The van der Waals surface area contributed by atoms with Crippen LogP contribution >= 0.6 is 0 Å². The summed E-state index contributed by atoms with van der Waals surface area (Å²) in [6.07, 6.45) is 0.846. The van der Waals surface area contributed by atoms with Crippen LogP contribution in [-0.4, -0.2) is 83.8 Å². The van der Waals surface area contributed by atoms with Crippen LogP contribution in [0.3, 0.4) is 0 Å². The molecule has 1 fully saturated rings. The molecule has 0 aromatic heterocycles. The Balaban J connectivity index is 1.61. The number of rotatable bonds is 1. The van der Waals surface area contributed by atoms with E-state index in [0.717, 1.165) is 30.4 Å². The quantitative estimate of drug-likeness (QED) is 0.368. The van der Waals surface area contributed by atoms with Gasteiger partial charge in [0.25, 0.3) is 5.91 Å². The van der Waals surface area contributed by atoms with Gasteiger partial charge in [0.2, 0.25) is 5.91 Å². The summed E-state index contributed by atoms with van der Waals surface area (Å²) in [5, 5.41) is 5.71. The Labute approximate surface area is 252 Å². The first-order valence-electron chi connectivity index (χ1n) is 14.9. The van der Waals surface area contributed by atoms with Gasteiger partial charge in [-0.2, -0.15) is 0 Å². The van der Waals surface area contributed by atoms with E-state index in [4.69, 9.17) is 14.2 Å². The zero-order valence-corrected chi connectivity index (χ0v) is 26.0. The lowest BCUT2D eigenvalue weighted by Gasteiger charge is -2.35. The number of cyclic esters (lactones) is 1. The van der Waals surface area contributed by atoms with Gasteiger partial charge < -0.3 is 29.7 Å². The van der Waals surface area contributed by atoms with Crippen LogP contribution in [0.4, 0.5) is 9.59 Å². The second-order valence-corrected chi connectivity index (χ2v) is 13.2. The highest BCUT2D eigenvalue weighted by atomic mass is 16.6. The highest BCUT2D eigenvalue weighted by Crippen LogP contribution is 2.31. The van der Waals surface area contributed by atoms with Gasteiger partial charge in [0.15, 0.2) is 0 Å². The topological polar surface area (TPSA) is 144 Å². The van der Waals surface area contributed by atoms with Crippen molar-refractivity contribution in [2.24, 2.45) is 5.41 Å². The largest absolute Gasteiger partial charge is 0.467 e. The predicted molar refractivity (Wildman–Crippen MR) is 156 cm³/mol. The average Bonchev–Trinajstić information content (AvgIpc) is 3.56. The summed E-state index contributed by atoms with van der Waals surface area (Å²) in [7, 11) is 1.23. The zero-order valence-electron chi connectivity index (χ0n) is 26.0. The molecule has 236 valence electrons. The van der Waals surface area contributed by atoms with Gasteiger partial charge >= 0.3 is 18.2 Å². The highest BCUT2D eigenvalue weighted by molar-refractivity contribution is 5.96. The third-order valence-electron chi connectivity index (χ3n) is 8.26. The van der Waals surface area contributed by atoms with Crippen LogP contribution in [0, 0.1) is 5.41 Å². The van der Waals surface area contributed by atoms with Crippen molar-refractivity contribution in [3.63, 3.8) is 0 Å². The van der Waals surface area contributed by atoms with Crippen LogP contribution in [0.5, 0.6) is 0 Å². The van der Waals surface area contributed by atoms with Crippen molar-refractivity contribution in [3.8, 4) is 0 Å². The van der Waals surface area contributed by atoms with E-state index >= 15 is 0 Å².